The van der Waals surface area contributed by atoms with Crippen molar-refractivity contribution in [3.8, 4) is 0 Å². The molecule has 0 aromatic carbocycles. The number of hydrogen-bond acceptors (Lipinski definition) is 6. The molecule has 0 aliphatic heterocycles. The number of nitrogens with one attached hydrogen (secondary N) is 1. The maximum atomic E-state index is 12.3. The Labute approximate surface area is 109 Å². The number of rotatable bonds is 9. The molecule has 0 aliphatic carbocycles. The molecule has 0 saturated heterocycles. The molecule has 0 unspecified atom stereocenters. The molecule has 8 heteroatoms. The third kappa shape index (κ3) is 5.65. The van der Waals surface area contributed by atoms with E-state index in [0.717, 1.165) is 13.0 Å². The summed E-state index contributed by atoms with van der Waals surface area (Å²) >= 11 is 1.35. The summed E-state index contributed by atoms with van der Waals surface area (Å²) in [5, 5.41) is 21.1. The summed E-state index contributed by atoms with van der Waals surface area (Å²) < 4.78 is 24.6. The fraction of sp³-hybridized carbons (Fsp3) is 0.800. The zero-order valence-electron chi connectivity index (χ0n) is 10.3. The Bertz CT molecular complexity index is 337. The van der Waals surface area contributed by atoms with Gasteiger partial charge in [0, 0.05) is 13.1 Å². The van der Waals surface area contributed by atoms with Gasteiger partial charge in [0.2, 0.25) is 5.13 Å². The van der Waals surface area contributed by atoms with Gasteiger partial charge in [0.05, 0.1) is 19.7 Å². The second kappa shape index (κ2) is 8.28. The molecule has 0 amide bonds. The van der Waals surface area contributed by atoms with E-state index in [1.807, 2.05) is 6.92 Å². The van der Waals surface area contributed by atoms with Crippen molar-refractivity contribution >= 4 is 16.5 Å². The molecule has 0 aliphatic rings. The fourth-order valence-corrected chi connectivity index (χ4v) is 2.19. The van der Waals surface area contributed by atoms with Gasteiger partial charge < -0.3 is 10.4 Å². The highest BCUT2D eigenvalue weighted by Gasteiger charge is 2.14. The van der Waals surface area contributed by atoms with E-state index in [1.54, 1.807) is 0 Å². The van der Waals surface area contributed by atoms with Crippen LogP contribution in [0, 0.1) is 0 Å². The van der Waals surface area contributed by atoms with Crippen molar-refractivity contribution in [1.82, 2.24) is 15.1 Å². The van der Waals surface area contributed by atoms with Crippen molar-refractivity contribution in [1.29, 1.82) is 0 Å². The Morgan fingerprint density at radius 1 is 1.44 bits per heavy atom. The Morgan fingerprint density at radius 2 is 2.22 bits per heavy atom. The smallest absolute Gasteiger partial charge is 0.251 e. The van der Waals surface area contributed by atoms with Gasteiger partial charge in [-0.25, -0.2) is 8.78 Å². The second-order valence-corrected chi connectivity index (χ2v) is 4.84. The van der Waals surface area contributed by atoms with E-state index in [9.17, 15) is 8.78 Å². The van der Waals surface area contributed by atoms with Gasteiger partial charge in [0.1, 0.15) is 5.01 Å². The lowest BCUT2D eigenvalue weighted by Gasteiger charge is -2.18. The van der Waals surface area contributed by atoms with Crippen molar-refractivity contribution < 1.29 is 13.9 Å². The Balaban J connectivity index is 2.49. The van der Waals surface area contributed by atoms with Crippen LogP contribution in [0.5, 0.6) is 0 Å². The topological polar surface area (TPSA) is 61.3 Å². The number of aliphatic hydroxyl groups excluding tert-OH is 1. The molecule has 0 radical (unpaired) electrons. The van der Waals surface area contributed by atoms with Gasteiger partial charge in [0.25, 0.3) is 6.43 Å². The molecule has 0 bridgehead atoms. The summed E-state index contributed by atoms with van der Waals surface area (Å²) in [6, 6.07) is 0. The number of anilines is 1. The fourth-order valence-electron chi connectivity index (χ4n) is 1.38. The minimum atomic E-state index is -2.41. The van der Waals surface area contributed by atoms with E-state index >= 15 is 0 Å². The van der Waals surface area contributed by atoms with Crippen LogP contribution in [0.1, 0.15) is 18.4 Å². The molecular formula is C10H18F2N4OS. The van der Waals surface area contributed by atoms with Gasteiger partial charge in [0.15, 0.2) is 0 Å². The van der Waals surface area contributed by atoms with Gasteiger partial charge in [-0.15, -0.1) is 10.2 Å². The summed E-state index contributed by atoms with van der Waals surface area (Å²) in [6.45, 7) is 2.84. The monoisotopic (exact) mass is 280 g/mol. The van der Waals surface area contributed by atoms with Gasteiger partial charge >= 0.3 is 0 Å². The highest BCUT2D eigenvalue weighted by molar-refractivity contribution is 7.15. The molecule has 5 nitrogen and oxygen atoms in total. The van der Waals surface area contributed by atoms with Crippen LogP contribution in [-0.2, 0) is 6.54 Å². The van der Waals surface area contributed by atoms with Crippen LogP contribution in [0.15, 0.2) is 0 Å². The van der Waals surface area contributed by atoms with Crippen molar-refractivity contribution in [2.45, 2.75) is 26.3 Å². The molecule has 0 saturated carbocycles. The third-order valence-electron chi connectivity index (χ3n) is 2.16. The maximum Gasteiger partial charge on any atom is 0.251 e. The molecule has 0 spiro atoms. The summed E-state index contributed by atoms with van der Waals surface area (Å²) in [5.41, 5.74) is 0. The van der Waals surface area contributed by atoms with Gasteiger partial charge in [-0.05, 0) is 6.42 Å². The molecule has 1 aromatic heterocycles. The molecule has 1 aromatic rings. The van der Waals surface area contributed by atoms with Crippen LogP contribution in [0.3, 0.4) is 0 Å². The minimum absolute atomic E-state index is 0.146. The molecule has 0 atom stereocenters. The summed E-state index contributed by atoms with van der Waals surface area (Å²) in [4.78, 5) is 1.47. The quantitative estimate of drug-likeness (QED) is 0.716. The van der Waals surface area contributed by atoms with Crippen LogP contribution >= 0.6 is 11.3 Å². The largest absolute Gasteiger partial charge is 0.395 e. The molecule has 1 rings (SSSR count). The Morgan fingerprint density at radius 3 is 2.83 bits per heavy atom. The lowest BCUT2D eigenvalue weighted by Crippen LogP contribution is -2.31. The van der Waals surface area contributed by atoms with Crippen LogP contribution in [-0.4, -0.2) is 52.9 Å². The van der Waals surface area contributed by atoms with E-state index in [0.29, 0.717) is 10.1 Å². The molecule has 0 fully saturated rings. The number of halogens is 2. The average molecular weight is 280 g/mol. The van der Waals surface area contributed by atoms with E-state index in [2.05, 4.69) is 15.5 Å². The zero-order chi connectivity index (χ0) is 13.4. The van der Waals surface area contributed by atoms with Crippen molar-refractivity contribution in [3.05, 3.63) is 5.01 Å². The number of nitrogens with zero attached hydrogens (tertiary/aromatic N) is 3. The van der Waals surface area contributed by atoms with Crippen LogP contribution < -0.4 is 5.32 Å². The van der Waals surface area contributed by atoms with E-state index < -0.39 is 6.43 Å². The third-order valence-corrected chi connectivity index (χ3v) is 3.03. The molecule has 1 heterocycles. The minimum Gasteiger partial charge on any atom is -0.395 e. The van der Waals surface area contributed by atoms with Crippen molar-refractivity contribution in [3.63, 3.8) is 0 Å². The van der Waals surface area contributed by atoms with E-state index in [1.165, 1.54) is 16.2 Å². The van der Waals surface area contributed by atoms with E-state index in [-0.39, 0.29) is 26.2 Å². The van der Waals surface area contributed by atoms with E-state index in [4.69, 9.17) is 5.11 Å². The number of alkyl halides is 2. The number of aromatic nitrogens is 2. The lowest BCUT2D eigenvalue weighted by molar-refractivity contribution is 0.0745. The molecular weight excluding hydrogens is 262 g/mol. The molecule has 104 valence electrons. The predicted octanol–water partition coefficient (Wildman–Crippen LogP) is 1.42. The van der Waals surface area contributed by atoms with Crippen LogP contribution in [0.4, 0.5) is 13.9 Å². The van der Waals surface area contributed by atoms with Gasteiger partial charge in [-0.3, -0.25) is 4.90 Å². The first-order valence-corrected chi connectivity index (χ1v) is 6.65. The normalized spacial score (nSPS) is 11.4. The highest BCUT2D eigenvalue weighted by atomic mass is 32.1. The second-order valence-electron chi connectivity index (χ2n) is 3.78. The zero-order valence-corrected chi connectivity index (χ0v) is 11.1. The lowest BCUT2D eigenvalue weighted by atomic mass is 10.4. The molecule has 18 heavy (non-hydrogen) atoms. The Hall–Kier alpha value is -0.860. The predicted molar refractivity (Wildman–Crippen MR) is 67.1 cm³/mol. The van der Waals surface area contributed by atoms with Gasteiger partial charge in [-0.1, -0.05) is 18.3 Å². The summed E-state index contributed by atoms with van der Waals surface area (Å²) in [7, 11) is 0. The number of hydrogen-bond donors (Lipinski definition) is 2. The van der Waals surface area contributed by atoms with Crippen molar-refractivity contribution in [2.24, 2.45) is 0 Å². The SMILES string of the molecule is CCCNc1nnc(CN(CCO)CC(F)F)s1. The summed E-state index contributed by atoms with van der Waals surface area (Å²) in [5.74, 6) is 0. The maximum absolute atomic E-state index is 12.3. The first kappa shape index (κ1) is 15.2. The number of aliphatic hydroxyl groups is 1. The van der Waals surface area contributed by atoms with Crippen LogP contribution in [0.25, 0.3) is 0 Å². The average Bonchev–Trinajstić information content (AvgIpc) is 2.73. The first-order chi connectivity index (χ1) is 8.65. The van der Waals surface area contributed by atoms with Crippen LogP contribution in [0.2, 0.25) is 0 Å². The molecule has 2 N–H and O–H groups in total. The first-order valence-electron chi connectivity index (χ1n) is 5.83. The Kier molecular flexibility index (Phi) is 6.99. The van der Waals surface area contributed by atoms with Crippen molar-refractivity contribution in [2.75, 3.05) is 31.6 Å². The van der Waals surface area contributed by atoms with Gasteiger partial charge in [-0.2, -0.15) is 0 Å². The highest BCUT2D eigenvalue weighted by Crippen LogP contribution is 2.17. The standard InChI is InChI=1S/C10H18F2N4OS/c1-2-3-13-10-15-14-9(18-10)7-16(4-5-17)6-8(11)12/h8,17H,2-7H2,1H3,(H,13,15). The summed E-state index contributed by atoms with van der Waals surface area (Å²) in [6.07, 6.45) is -1.43.